The molecule has 2 heterocycles. The van der Waals surface area contributed by atoms with E-state index in [9.17, 15) is 4.79 Å². The number of aliphatic imine (C=N–C) groups is 1. The Bertz CT molecular complexity index is 1240. The predicted molar refractivity (Wildman–Crippen MR) is 128 cm³/mol. The average Bonchev–Trinajstić information content (AvgIpc) is 3.08. The Kier molecular flexibility index (Phi) is 5.38. The fourth-order valence-electron chi connectivity index (χ4n) is 3.48. The van der Waals surface area contributed by atoms with Crippen molar-refractivity contribution in [2.24, 2.45) is 4.99 Å². The van der Waals surface area contributed by atoms with Crippen molar-refractivity contribution < 1.29 is 4.79 Å². The largest absolute Gasteiger partial charge is 0.343 e. The third-order valence-electron chi connectivity index (χ3n) is 5.00. The maximum Gasteiger partial charge on any atom is 0.273 e. The lowest BCUT2D eigenvalue weighted by atomic mass is 9.98. The minimum atomic E-state index is -1.49. The minimum Gasteiger partial charge on any atom is -0.343 e. The molecule has 0 radical (unpaired) electrons. The van der Waals surface area contributed by atoms with Crippen LogP contribution in [0.3, 0.4) is 0 Å². The highest BCUT2D eigenvalue weighted by Gasteiger charge is 2.25. The zero-order valence-electron chi connectivity index (χ0n) is 18.6. The van der Waals surface area contributed by atoms with Gasteiger partial charge in [0.15, 0.2) is 5.69 Å². The summed E-state index contributed by atoms with van der Waals surface area (Å²) in [5.41, 5.74) is 9.55. The van der Waals surface area contributed by atoms with Crippen LogP contribution in [0.4, 0.5) is 0 Å². The first-order valence-electron chi connectivity index (χ1n) is 10.3. The number of nitrogens with zero attached hydrogens (tertiary/aromatic N) is 4. The van der Waals surface area contributed by atoms with Gasteiger partial charge in [-0.05, 0) is 18.2 Å². The predicted octanol–water partition coefficient (Wildman–Crippen LogP) is 4.15. The quantitative estimate of drug-likeness (QED) is 0.456. The number of benzene rings is 2. The van der Waals surface area contributed by atoms with E-state index in [1.54, 1.807) is 25.3 Å². The van der Waals surface area contributed by atoms with Crippen molar-refractivity contribution in [1.82, 2.24) is 14.5 Å². The molecule has 1 amide bonds. The molecule has 31 heavy (non-hydrogen) atoms. The molecule has 4 rings (SSSR count). The summed E-state index contributed by atoms with van der Waals surface area (Å²) in [6.07, 6.45) is 1.72. The van der Waals surface area contributed by atoms with Crippen LogP contribution < -0.4 is 0 Å². The standard InChI is InChI=1S/C25H26N4OSi/c1-28(2)25(30)24-22-16-26-23(19-9-7-6-8-10-19)20-15-18(13-14-31(3,4)5)11-12-21(20)29(22)17-27-24/h6-12,15,17H,16H2,1-5H3. The van der Waals surface area contributed by atoms with Crippen LogP contribution in [0, 0.1) is 11.5 Å². The summed E-state index contributed by atoms with van der Waals surface area (Å²) in [4.78, 5) is 23.6. The normalized spacial score (nSPS) is 12.6. The van der Waals surface area contributed by atoms with Gasteiger partial charge in [-0.2, -0.15) is 0 Å². The van der Waals surface area contributed by atoms with Gasteiger partial charge in [-0.1, -0.05) is 55.9 Å². The highest BCUT2D eigenvalue weighted by atomic mass is 28.3. The third-order valence-corrected chi connectivity index (χ3v) is 5.88. The van der Waals surface area contributed by atoms with E-state index < -0.39 is 8.07 Å². The van der Waals surface area contributed by atoms with Crippen LogP contribution in [0.5, 0.6) is 0 Å². The van der Waals surface area contributed by atoms with Crippen molar-refractivity contribution >= 4 is 19.7 Å². The number of carbonyl (C=O) groups excluding carboxylic acids is 1. The number of amides is 1. The van der Waals surface area contributed by atoms with E-state index in [0.717, 1.165) is 33.8 Å². The molecule has 3 aromatic rings. The molecule has 2 aromatic carbocycles. The molecular formula is C25H26N4OSi. The highest BCUT2D eigenvalue weighted by Crippen LogP contribution is 2.28. The summed E-state index contributed by atoms with van der Waals surface area (Å²) in [5, 5.41) is 0. The number of rotatable bonds is 2. The second kappa shape index (κ2) is 8.01. The Labute approximate surface area is 184 Å². The number of imidazole rings is 1. The minimum absolute atomic E-state index is 0.119. The molecule has 1 aromatic heterocycles. The molecule has 0 N–H and O–H groups in total. The molecule has 156 valence electrons. The first kappa shape index (κ1) is 20.8. The second-order valence-electron chi connectivity index (χ2n) is 8.87. The molecule has 0 saturated carbocycles. The Morgan fingerprint density at radius 3 is 2.52 bits per heavy atom. The van der Waals surface area contributed by atoms with Crippen molar-refractivity contribution in [3.63, 3.8) is 0 Å². The van der Waals surface area contributed by atoms with Gasteiger partial charge in [0.1, 0.15) is 14.4 Å². The number of hydrogen-bond donors (Lipinski definition) is 0. The maximum atomic E-state index is 12.7. The Balaban J connectivity index is 1.93. The van der Waals surface area contributed by atoms with Crippen molar-refractivity contribution in [2.75, 3.05) is 14.1 Å². The van der Waals surface area contributed by atoms with E-state index in [1.807, 2.05) is 28.8 Å². The summed E-state index contributed by atoms with van der Waals surface area (Å²) in [6, 6.07) is 16.4. The summed E-state index contributed by atoms with van der Waals surface area (Å²) in [6.45, 7) is 7.09. The van der Waals surface area contributed by atoms with E-state index in [-0.39, 0.29) is 5.91 Å². The van der Waals surface area contributed by atoms with Crippen LogP contribution in [-0.2, 0) is 6.54 Å². The van der Waals surface area contributed by atoms with Gasteiger partial charge in [-0.25, -0.2) is 4.98 Å². The number of hydrogen-bond acceptors (Lipinski definition) is 3. The molecule has 0 fully saturated rings. The summed E-state index contributed by atoms with van der Waals surface area (Å²) < 4.78 is 1.99. The fourth-order valence-corrected chi connectivity index (χ4v) is 4.00. The van der Waals surface area contributed by atoms with Gasteiger partial charge in [0, 0.05) is 30.8 Å². The highest BCUT2D eigenvalue weighted by molar-refractivity contribution is 6.83. The smallest absolute Gasteiger partial charge is 0.273 e. The lowest BCUT2D eigenvalue weighted by Gasteiger charge is -2.13. The molecule has 0 unspecified atom stereocenters. The molecular weight excluding hydrogens is 400 g/mol. The van der Waals surface area contributed by atoms with E-state index in [2.05, 4.69) is 60.4 Å². The number of fused-ring (bicyclic) bond motifs is 3. The lowest BCUT2D eigenvalue weighted by Crippen LogP contribution is -2.23. The van der Waals surface area contributed by atoms with Crippen molar-refractivity contribution in [3.8, 4) is 17.2 Å². The third kappa shape index (κ3) is 4.23. The zero-order valence-corrected chi connectivity index (χ0v) is 19.6. The molecule has 1 aliphatic heterocycles. The molecule has 6 heteroatoms. The molecule has 0 saturated heterocycles. The van der Waals surface area contributed by atoms with Crippen molar-refractivity contribution in [3.05, 3.63) is 82.9 Å². The topological polar surface area (TPSA) is 50.5 Å². The van der Waals surface area contributed by atoms with E-state index in [4.69, 9.17) is 4.99 Å². The van der Waals surface area contributed by atoms with Gasteiger partial charge < -0.3 is 4.90 Å². The number of carbonyl (C=O) groups is 1. The molecule has 0 spiro atoms. The van der Waals surface area contributed by atoms with Gasteiger partial charge in [0.05, 0.1) is 23.6 Å². The van der Waals surface area contributed by atoms with Crippen LogP contribution in [0.1, 0.15) is 32.9 Å². The Morgan fingerprint density at radius 1 is 1.10 bits per heavy atom. The van der Waals surface area contributed by atoms with Gasteiger partial charge in [0.2, 0.25) is 0 Å². The summed E-state index contributed by atoms with van der Waals surface area (Å²) in [5.74, 6) is 3.24. The molecule has 0 aliphatic carbocycles. The summed E-state index contributed by atoms with van der Waals surface area (Å²) in [7, 11) is 1.98. The van der Waals surface area contributed by atoms with E-state index >= 15 is 0 Å². The SMILES string of the molecule is CN(C)C(=O)c1ncn2c1CN=C(c1ccccc1)c1cc(C#C[Si](C)(C)C)ccc1-2. The second-order valence-corrected chi connectivity index (χ2v) is 13.6. The average molecular weight is 427 g/mol. The van der Waals surface area contributed by atoms with Crippen LogP contribution in [0.2, 0.25) is 19.6 Å². The first-order valence-corrected chi connectivity index (χ1v) is 13.8. The van der Waals surface area contributed by atoms with Crippen molar-refractivity contribution in [1.29, 1.82) is 0 Å². The zero-order chi connectivity index (χ0) is 22.2. The first-order chi connectivity index (χ1) is 14.7. The Hall–Kier alpha value is -3.43. The molecule has 0 atom stereocenters. The number of aromatic nitrogens is 2. The fraction of sp³-hybridized carbons (Fsp3) is 0.240. The van der Waals surface area contributed by atoms with Crippen LogP contribution in [-0.4, -0.2) is 48.2 Å². The van der Waals surface area contributed by atoms with Crippen LogP contribution in [0.15, 0.2) is 59.9 Å². The molecule has 0 bridgehead atoms. The van der Waals surface area contributed by atoms with Crippen LogP contribution >= 0.6 is 0 Å². The van der Waals surface area contributed by atoms with E-state index in [0.29, 0.717) is 12.2 Å². The Morgan fingerprint density at radius 2 is 1.84 bits per heavy atom. The maximum absolute atomic E-state index is 12.7. The lowest BCUT2D eigenvalue weighted by molar-refractivity contribution is 0.0821. The molecule has 5 nitrogen and oxygen atoms in total. The van der Waals surface area contributed by atoms with Gasteiger partial charge >= 0.3 is 0 Å². The van der Waals surface area contributed by atoms with E-state index in [1.165, 1.54) is 0 Å². The summed E-state index contributed by atoms with van der Waals surface area (Å²) >= 11 is 0. The van der Waals surface area contributed by atoms with Gasteiger partial charge in [0.25, 0.3) is 5.91 Å². The van der Waals surface area contributed by atoms with Gasteiger partial charge in [-0.15, -0.1) is 5.54 Å². The monoisotopic (exact) mass is 426 g/mol. The van der Waals surface area contributed by atoms with Gasteiger partial charge in [-0.3, -0.25) is 14.4 Å². The molecule has 1 aliphatic rings. The van der Waals surface area contributed by atoms with Crippen LogP contribution in [0.25, 0.3) is 5.69 Å². The van der Waals surface area contributed by atoms with Crippen molar-refractivity contribution in [2.45, 2.75) is 26.2 Å².